The minimum Gasteiger partial charge on any atom is -0.504 e. The largest absolute Gasteiger partial charge is 0.504 e. The summed E-state index contributed by atoms with van der Waals surface area (Å²) in [5.41, 5.74) is 1.43. The van der Waals surface area contributed by atoms with Crippen LogP contribution in [0, 0.1) is 0 Å². The van der Waals surface area contributed by atoms with Gasteiger partial charge in [0, 0.05) is 13.2 Å². The van der Waals surface area contributed by atoms with Crippen LogP contribution in [0.4, 0.5) is 5.82 Å². The first-order chi connectivity index (χ1) is 12.6. The van der Waals surface area contributed by atoms with Gasteiger partial charge in [0.1, 0.15) is 0 Å². The third kappa shape index (κ3) is 2.93. The van der Waals surface area contributed by atoms with Gasteiger partial charge < -0.3 is 14.6 Å². The van der Waals surface area contributed by atoms with Crippen molar-refractivity contribution < 1.29 is 14.6 Å². The summed E-state index contributed by atoms with van der Waals surface area (Å²) in [4.78, 5) is 17.4. The summed E-state index contributed by atoms with van der Waals surface area (Å²) in [6, 6.07) is 5.39. The fourth-order valence-electron chi connectivity index (χ4n) is 3.51. The summed E-state index contributed by atoms with van der Waals surface area (Å²) in [5, 5.41) is 13.6. The summed E-state index contributed by atoms with van der Waals surface area (Å²) in [7, 11) is 1.51. The molecule has 0 amide bonds. The number of rotatable bonds is 3. The number of thioether (sulfide) groups is 1. The summed E-state index contributed by atoms with van der Waals surface area (Å²) in [5.74, 6) is 1.18. The van der Waals surface area contributed by atoms with Crippen molar-refractivity contribution in [3.63, 3.8) is 0 Å². The SMILES string of the molecule is COc1cc(C2SC(C)=Nc3c2c(=O)[nH]n3C2CCOCC2)ccc1O. The molecule has 1 aromatic carbocycles. The van der Waals surface area contributed by atoms with E-state index >= 15 is 0 Å². The number of H-pyrrole nitrogens is 1. The van der Waals surface area contributed by atoms with Crippen molar-refractivity contribution in [3.05, 3.63) is 39.7 Å². The first-order valence-corrected chi connectivity index (χ1v) is 9.47. The van der Waals surface area contributed by atoms with Crippen molar-refractivity contribution >= 4 is 22.6 Å². The quantitative estimate of drug-likeness (QED) is 0.860. The number of nitrogens with one attached hydrogen (secondary N) is 1. The van der Waals surface area contributed by atoms with Crippen molar-refractivity contribution in [2.24, 2.45) is 4.99 Å². The Hall–Kier alpha value is -2.19. The Morgan fingerprint density at radius 2 is 2.15 bits per heavy atom. The molecular weight excluding hydrogens is 354 g/mol. The van der Waals surface area contributed by atoms with E-state index in [0.29, 0.717) is 30.3 Å². The van der Waals surface area contributed by atoms with Crippen molar-refractivity contribution in [1.29, 1.82) is 0 Å². The van der Waals surface area contributed by atoms with Crippen LogP contribution >= 0.6 is 11.8 Å². The zero-order valence-electron chi connectivity index (χ0n) is 14.7. The second kappa shape index (κ2) is 6.85. The van der Waals surface area contributed by atoms with Crippen molar-refractivity contribution in [2.45, 2.75) is 31.1 Å². The lowest BCUT2D eigenvalue weighted by Gasteiger charge is -2.26. The molecule has 2 aromatic rings. The van der Waals surface area contributed by atoms with Crippen LogP contribution < -0.4 is 10.3 Å². The number of aromatic hydroxyl groups is 1. The molecule has 1 atom stereocenters. The van der Waals surface area contributed by atoms with Gasteiger partial charge >= 0.3 is 0 Å². The number of aromatic nitrogens is 2. The third-order valence-electron chi connectivity index (χ3n) is 4.81. The highest BCUT2D eigenvalue weighted by atomic mass is 32.2. The number of aliphatic imine (C=N–C) groups is 1. The van der Waals surface area contributed by atoms with Crippen LogP contribution in [0.2, 0.25) is 0 Å². The van der Waals surface area contributed by atoms with Gasteiger partial charge in [0.05, 0.1) is 29.0 Å². The molecule has 26 heavy (non-hydrogen) atoms. The highest BCUT2D eigenvalue weighted by Crippen LogP contribution is 2.46. The van der Waals surface area contributed by atoms with E-state index in [1.54, 1.807) is 12.1 Å². The molecule has 1 saturated heterocycles. The van der Waals surface area contributed by atoms with Gasteiger partial charge in [-0.1, -0.05) is 17.8 Å². The third-order valence-corrected chi connectivity index (χ3v) is 5.99. The van der Waals surface area contributed by atoms with Crippen LogP contribution in [-0.2, 0) is 4.74 Å². The van der Waals surface area contributed by atoms with Crippen LogP contribution in [0.1, 0.15) is 42.2 Å². The van der Waals surface area contributed by atoms with Gasteiger partial charge in [-0.2, -0.15) is 0 Å². The number of fused-ring (bicyclic) bond motifs is 1. The first kappa shape index (κ1) is 17.2. The van der Waals surface area contributed by atoms with Crippen LogP contribution in [0.25, 0.3) is 0 Å². The number of benzene rings is 1. The van der Waals surface area contributed by atoms with E-state index in [4.69, 9.17) is 9.47 Å². The van der Waals surface area contributed by atoms with Crippen LogP contribution in [0.15, 0.2) is 28.0 Å². The molecule has 0 aliphatic carbocycles. The van der Waals surface area contributed by atoms with Crippen LogP contribution in [-0.4, -0.2) is 40.3 Å². The molecule has 0 radical (unpaired) electrons. The van der Waals surface area contributed by atoms with E-state index in [-0.39, 0.29) is 22.6 Å². The number of aromatic amines is 1. The normalized spacial score (nSPS) is 20.5. The van der Waals surface area contributed by atoms with Gasteiger partial charge in [0.25, 0.3) is 5.56 Å². The molecule has 2 aliphatic rings. The topological polar surface area (TPSA) is 88.8 Å². The maximum absolute atomic E-state index is 12.8. The Kier molecular flexibility index (Phi) is 4.54. The van der Waals surface area contributed by atoms with E-state index in [1.165, 1.54) is 18.9 Å². The number of methoxy groups -OCH3 is 1. The number of phenols is 1. The maximum Gasteiger partial charge on any atom is 0.271 e. The monoisotopic (exact) mass is 375 g/mol. The molecular formula is C18H21N3O4S. The number of hydrogen-bond acceptors (Lipinski definition) is 6. The molecule has 3 heterocycles. The lowest BCUT2D eigenvalue weighted by atomic mass is 10.0. The molecule has 8 heteroatoms. The van der Waals surface area contributed by atoms with E-state index < -0.39 is 0 Å². The van der Waals surface area contributed by atoms with Gasteiger partial charge in [-0.25, -0.2) is 4.99 Å². The standard InChI is InChI=1S/C18H21N3O4S/c1-10-19-17-15(18(23)20-21(17)12-5-7-25-8-6-12)16(26-10)11-3-4-13(22)14(9-11)24-2/h3-4,9,12,16,22H,5-8H2,1-2H3,(H,20,23). The van der Waals surface area contributed by atoms with Crippen molar-refractivity contribution in [1.82, 2.24) is 9.78 Å². The molecule has 2 N–H and O–H groups in total. The minimum absolute atomic E-state index is 0.0800. The molecule has 2 aliphatic heterocycles. The highest BCUT2D eigenvalue weighted by molar-refractivity contribution is 8.14. The molecule has 138 valence electrons. The fraction of sp³-hybridized carbons (Fsp3) is 0.444. The molecule has 0 saturated carbocycles. The lowest BCUT2D eigenvalue weighted by molar-refractivity contribution is 0.0666. The average Bonchev–Trinajstić information content (AvgIpc) is 2.98. The van der Waals surface area contributed by atoms with E-state index in [1.807, 2.05) is 17.7 Å². The highest BCUT2D eigenvalue weighted by Gasteiger charge is 2.32. The Balaban J connectivity index is 1.81. The van der Waals surface area contributed by atoms with Gasteiger partial charge in [-0.3, -0.25) is 14.6 Å². The van der Waals surface area contributed by atoms with E-state index in [2.05, 4.69) is 10.1 Å². The summed E-state index contributed by atoms with van der Waals surface area (Å²) >= 11 is 1.54. The maximum atomic E-state index is 12.8. The van der Waals surface area contributed by atoms with Gasteiger partial charge in [-0.15, -0.1) is 0 Å². The number of phenolic OH excluding ortho intramolecular Hbond substituents is 1. The number of hydrogen-bond donors (Lipinski definition) is 2. The van der Waals surface area contributed by atoms with Gasteiger partial charge in [0.2, 0.25) is 0 Å². The second-order valence-corrected chi connectivity index (χ2v) is 7.75. The fourth-order valence-corrected chi connectivity index (χ4v) is 4.60. The van der Waals surface area contributed by atoms with Crippen molar-refractivity contribution in [2.75, 3.05) is 20.3 Å². The Bertz CT molecular complexity index is 912. The molecule has 1 fully saturated rings. The van der Waals surface area contributed by atoms with E-state index in [9.17, 15) is 9.90 Å². The smallest absolute Gasteiger partial charge is 0.271 e. The Morgan fingerprint density at radius 3 is 2.88 bits per heavy atom. The molecule has 1 unspecified atom stereocenters. The first-order valence-electron chi connectivity index (χ1n) is 8.59. The molecule has 0 bridgehead atoms. The second-order valence-electron chi connectivity index (χ2n) is 6.45. The molecule has 7 nitrogen and oxygen atoms in total. The average molecular weight is 375 g/mol. The van der Waals surface area contributed by atoms with E-state index in [0.717, 1.165) is 23.4 Å². The van der Waals surface area contributed by atoms with Gasteiger partial charge in [0.15, 0.2) is 17.3 Å². The predicted molar refractivity (Wildman–Crippen MR) is 101 cm³/mol. The van der Waals surface area contributed by atoms with Crippen LogP contribution in [0.5, 0.6) is 11.5 Å². The number of ether oxygens (including phenoxy) is 2. The zero-order chi connectivity index (χ0) is 18.3. The Labute approximate surface area is 155 Å². The van der Waals surface area contributed by atoms with Crippen molar-refractivity contribution in [3.8, 4) is 11.5 Å². The predicted octanol–water partition coefficient (Wildman–Crippen LogP) is 3.13. The molecule has 0 spiro atoms. The molecule has 1 aromatic heterocycles. The minimum atomic E-state index is -0.193. The zero-order valence-corrected chi connectivity index (χ0v) is 15.5. The Morgan fingerprint density at radius 1 is 1.38 bits per heavy atom. The lowest BCUT2D eigenvalue weighted by Crippen LogP contribution is -2.21. The number of nitrogens with zero attached hydrogens (tertiary/aromatic N) is 2. The van der Waals surface area contributed by atoms with Crippen LogP contribution in [0.3, 0.4) is 0 Å². The summed E-state index contributed by atoms with van der Waals surface area (Å²) in [6.45, 7) is 3.33. The summed E-state index contributed by atoms with van der Waals surface area (Å²) in [6.07, 6.45) is 1.72. The molecule has 4 rings (SSSR count). The van der Waals surface area contributed by atoms with Gasteiger partial charge in [-0.05, 0) is 37.5 Å². The summed E-state index contributed by atoms with van der Waals surface area (Å²) < 4.78 is 12.6.